The molecule has 1 aromatic carbocycles. The summed E-state index contributed by atoms with van der Waals surface area (Å²) in [6, 6.07) is 3.21. The lowest BCUT2D eigenvalue weighted by Crippen LogP contribution is -2.32. The van der Waals surface area contributed by atoms with Crippen LogP contribution in [0.5, 0.6) is 11.8 Å². The van der Waals surface area contributed by atoms with Crippen molar-refractivity contribution in [1.29, 1.82) is 0 Å². The number of amides is 1. The SMILES string of the molecule is COc1nccnc1O[C@@H]1CCN(C(=O)Cc2ccc(F)cc2F)C1. The maximum Gasteiger partial charge on any atom is 0.278 e. The molecule has 2 aromatic rings. The molecule has 1 aromatic heterocycles. The van der Waals surface area contributed by atoms with Crippen molar-refractivity contribution in [2.45, 2.75) is 18.9 Å². The van der Waals surface area contributed by atoms with Gasteiger partial charge in [-0.15, -0.1) is 0 Å². The van der Waals surface area contributed by atoms with Crippen molar-refractivity contribution in [2.24, 2.45) is 0 Å². The zero-order chi connectivity index (χ0) is 17.8. The number of hydrogen-bond acceptors (Lipinski definition) is 5. The van der Waals surface area contributed by atoms with Gasteiger partial charge in [-0.05, 0) is 11.6 Å². The van der Waals surface area contributed by atoms with Gasteiger partial charge in [0.25, 0.3) is 11.8 Å². The fourth-order valence-electron chi connectivity index (χ4n) is 2.68. The molecule has 0 aliphatic carbocycles. The van der Waals surface area contributed by atoms with E-state index in [0.29, 0.717) is 19.5 Å². The fourth-order valence-corrected chi connectivity index (χ4v) is 2.68. The van der Waals surface area contributed by atoms with Crippen molar-refractivity contribution in [3.05, 3.63) is 47.8 Å². The van der Waals surface area contributed by atoms with E-state index in [1.165, 1.54) is 25.6 Å². The average molecular weight is 349 g/mol. The minimum Gasteiger partial charge on any atom is -0.477 e. The molecule has 0 saturated carbocycles. The third-order valence-corrected chi connectivity index (χ3v) is 3.96. The molecular weight excluding hydrogens is 332 g/mol. The van der Waals surface area contributed by atoms with E-state index in [1.54, 1.807) is 4.90 Å². The van der Waals surface area contributed by atoms with Gasteiger partial charge in [-0.1, -0.05) is 6.07 Å². The lowest BCUT2D eigenvalue weighted by molar-refractivity contribution is -0.129. The molecule has 25 heavy (non-hydrogen) atoms. The summed E-state index contributed by atoms with van der Waals surface area (Å²) in [5.74, 6) is -1.07. The quantitative estimate of drug-likeness (QED) is 0.826. The number of carbonyl (C=O) groups is 1. The van der Waals surface area contributed by atoms with E-state index in [9.17, 15) is 13.6 Å². The third kappa shape index (κ3) is 4.01. The van der Waals surface area contributed by atoms with Crippen LogP contribution in [0.15, 0.2) is 30.6 Å². The van der Waals surface area contributed by atoms with Crippen LogP contribution < -0.4 is 9.47 Å². The van der Waals surface area contributed by atoms with E-state index in [0.717, 1.165) is 12.1 Å². The Balaban J connectivity index is 1.59. The van der Waals surface area contributed by atoms with Crippen molar-refractivity contribution in [3.63, 3.8) is 0 Å². The van der Waals surface area contributed by atoms with Gasteiger partial charge in [-0.2, -0.15) is 0 Å². The third-order valence-electron chi connectivity index (χ3n) is 3.96. The largest absolute Gasteiger partial charge is 0.477 e. The van der Waals surface area contributed by atoms with Crippen molar-refractivity contribution < 1.29 is 23.0 Å². The van der Waals surface area contributed by atoms with Gasteiger partial charge in [0.1, 0.15) is 17.7 Å². The van der Waals surface area contributed by atoms with Crippen LogP contribution in [-0.2, 0) is 11.2 Å². The summed E-state index contributed by atoms with van der Waals surface area (Å²) in [6.45, 7) is 0.857. The number of halogens is 2. The predicted octanol–water partition coefficient (Wildman–Crippen LogP) is 1.99. The molecule has 8 heteroatoms. The highest BCUT2D eigenvalue weighted by atomic mass is 19.1. The zero-order valence-corrected chi connectivity index (χ0v) is 13.6. The van der Waals surface area contributed by atoms with E-state index in [-0.39, 0.29) is 35.8 Å². The molecule has 1 fully saturated rings. The van der Waals surface area contributed by atoms with Gasteiger partial charge in [0, 0.05) is 31.4 Å². The Labute approximate surface area is 143 Å². The second-order valence-electron chi connectivity index (χ2n) is 5.65. The van der Waals surface area contributed by atoms with Crippen LogP contribution in [-0.4, -0.2) is 47.1 Å². The molecule has 1 amide bonds. The Morgan fingerprint density at radius 3 is 2.76 bits per heavy atom. The molecule has 132 valence electrons. The summed E-state index contributed by atoms with van der Waals surface area (Å²) in [4.78, 5) is 22.0. The molecule has 1 aliphatic rings. The number of likely N-dealkylation sites (tertiary alicyclic amines) is 1. The highest BCUT2D eigenvalue weighted by molar-refractivity contribution is 5.79. The molecule has 3 rings (SSSR count). The monoisotopic (exact) mass is 349 g/mol. The smallest absolute Gasteiger partial charge is 0.278 e. The van der Waals surface area contributed by atoms with Gasteiger partial charge in [0.2, 0.25) is 5.91 Å². The molecule has 1 aliphatic heterocycles. The molecule has 0 spiro atoms. The van der Waals surface area contributed by atoms with Crippen LogP contribution in [0.2, 0.25) is 0 Å². The van der Waals surface area contributed by atoms with Crippen LogP contribution in [0, 0.1) is 11.6 Å². The van der Waals surface area contributed by atoms with E-state index in [2.05, 4.69) is 9.97 Å². The topological polar surface area (TPSA) is 64.6 Å². The molecule has 0 bridgehead atoms. The summed E-state index contributed by atoms with van der Waals surface area (Å²) in [5, 5.41) is 0. The fraction of sp³-hybridized carbons (Fsp3) is 0.353. The number of nitrogens with zero attached hydrogens (tertiary/aromatic N) is 3. The van der Waals surface area contributed by atoms with Gasteiger partial charge in [0.15, 0.2) is 0 Å². The maximum atomic E-state index is 13.7. The molecule has 2 heterocycles. The van der Waals surface area contributed by atoms with Crippen molar-refractivity contribution >= 4 is 5.91 Å². The van der Waals surface area contributed by atoms with Crippen LogP contribution in [0.25, 0.3) is 0 Å². The van der Waals surface area contributed by atoms with Crippen LogP contribution in [0.3, 0.4) is 0 Å². The maximum absolute atomic E-state index is 13.7. The van der Waals surface area contributed by atoms with Gasteiger partial charge < -0.3 is 14.4 Å². The highest BCUT2D eigenvalue weighted by Gasteiger charge is 2.29. The second-order valence-corrected chi connectivity index (χ2v) is 5.65. The first-order chi connectivity index (χ1) is 12.1. The van der Waals surface area contributed by atoms with E-state index >= 15 is 0 Å². The number of ether oxygens (including phenoxy) is 2. The molecule has 0 N–H and O–H groups in total. The highest BCUT2D eigenvalue weighted by Crippen LogP contribution is 2.24. The van der Waals surface area contributed by atoms with Crippen LogP contribution in [0.1, 0.15) is 12.0 Å². The van der Waals surface area contributed by atoms with Gasteiger partial charge >= 0.3 is 0 Å². The lowest BCUT2D eigenvalue weighted by atomic mass is 10.1. The van der Waals surface area contributed by atoms with Gasteiger partial charge in [-0.25, -0.2) is 18.7 Å². The van der Waals surface area contributed by atoms with E-state index in [1.807, 2.05) is 0 Å². The minimum absolute atomic E-state index is 0.118. The first kappa shape index (κ1) is 17.1. The van der Waals surface area contributed by atoms with Crippen LogP contribution in [0.4, 0.5) is 8.78 Å². The number of carbonyl (C=O) groups excluding carboxylic acids is 1. The van der Waals surface area contributed by atoms with Gasteiger partial charge in [-0.3, -0.25) is 4.79 Å². The zero-order valence-electron chi connectivity index (χ0n) is 13.6. The number of rotatable bonds is 5. The van der Waals surface area contributed by atoms with Gasteiger partial charge in [0.05, 0.1) is 20.1 Å². The molecule has 0 unspecified atom stereocenters. The first-order valence-corrected chi connectivity index (χ1v) is 7.80. The van der Waals surface area contributed by atoms with E-state index in [4.69, 9.17) is 9.47 Å². The second kappa shape index (κ2) is 7.42. The standard InChI is InChI=1S/C17H17F2N3O3/c1-24-16-17(21-6-5-20-16)25-13-4-7-22(10-13)15(23)8-11-2-3-12(18)9-14(11)19/h2-3,5-6,9,13H,4,7-8,10H2,1H3/t13-/m1/s1. The number of methoxy groups -OCH3 is 1. The first-order valence-electron chi connectivity index (χ1n) is 7.80. The Bertz CT molecular complexity index is 773. The summed E-state index contributed by atoms with van der Waals surface area (Å²) in [7, 11) is 1.47. The van der Waals surface area contributed by atoms with Crippen molar-refractivity contribution in [3.8, 4) is 11.8 Å². The average Bonchev–Trinajstić information content (AvgIpc) is 3.06. The number of aromatic nitrogens is 2. The summed E-state index contributed by atoms with van der Waals surface area (Å²) >= 11 is 0. The predicted molar refractivity (Wildman–Crippen MR) is 84.3 cm³/mol. The Morgan fingerprint density at radius 2 is 2.04 bits per heavy atom. The molecule has 1 saturated heterocycles. The van der Waals surface area contributed by atoms with Crippen LogP contribution >= 0.6 is 0 Å². The Hall–Kier alpha value is -2.77. The molecular formula is C17H17F2N3O3. The Kier molecular flexibility index (Phi) is 5.06. The summed E-state index contributed by atoms with van der Waals surface area (Å²) < 4.78 is 37.4. The molecule has 1 atom stereocenters. The summed E-state index contributed by atoms with van der Waals surface area (Å²) in [6.07, 6.45) is 3.25. The van der Waals surface area contributed by atoms with E-state index < -0.39 is 11.6 Å². The lowest BCUT2D eigenvalue weighted by Gasteiger charge is -2.17. The summed E-state index contributed by atoms with van der Waals surface area (Å²) in [5.41, 5.74) is 0.173. The molecule has 6 nitrogen and oxygen atoms in total. The number of benzene rings is 1. The minimum atomic E-state index is -0.718. The molecule has 0 radical (unpaired) electrons. The normalized spacial score (nSPS) is 16.8. The van der Waals surface area contributed by atoms with Crippen molar-refractivity contribution in [2.75, 3.05) is 20.2 Å². The number of hydrogen-bond donors (Lipinski definition) is 0. The van der Waals surface area contributed by atoms with Crippen molar-refractivity contribution in [1.82, 2.24) is 14.9 Å². The Morgan fingerprint density at radius 1 is 1.28 bits per heavy atom.